The van der Waals surface area contributed by atoms with Crippen LogP contribution >= 0.6 is 38.8 Å². The normalized spacial score (nSPS) is 11.8. The Morgan fingerprint density at radius 1 is 0.658 bits per heavy atom. The lowest BCUT2D eigenvalue weighted by molar-refractivity contribution is 0.103. The van der Waals surface area contributed by atoms with E-state index in [1.54, 1.807) is 76.2 Å². The lowest BCUT2D eigenvalue weighted by atomic mass is 10.3. The Labute approximate surface area is 237 Å². The molecule has 0 unspecified atom stereocenters. The molecule has 0 amide bonds. The molecule has 0 aliphatic carbocycles. The first kappa shape index (κ1) is 34.9. The van der Waals surface area contributed by atoms with E-state index in [0.29, 0.717) is 29.0 Å². The first-order chi connectivity index (χ1) is 17.9. The first-order valence-corrected chi connectivity index (χ1v) is 16.4. The Bertz CT molecular complexity index is 1010. The Balaban J connectivity index is 0.000000382. The summed E-state index contributed by atoms with van der Waals surface area (Å²) in [5.74, 6) is 0.592. The van der Waals surface area contributed by atoms with Gasteiger partial charge >= 0.3 is 15.6 Å². The molecule has 2 aromatic carbocycles. The molecule has 0 fully saturated rings. The van der Waals surface area contributed by atoms with Gasteiger partial charge < -0.3 is 9.05 Å². The van der Waals surface area contributed by atoms with Crippen molar-refractivity contribution in [1.29, 1.82) is 0 Å². The summed E-state index contributed by atoms with van der Waals surface area (Å²) < 4.78 is 56.9. The molecule has 8 nitrogen and oxygen atoms in total. The van der Waals surface area contributed by atoms with Crippen molar-refractivity contribution >= 4 is 38.8 Å². The monoisotopic (exact) mass is 612 g/mol. The van der Waals surface area contributed by atoms with Gasteiger partial charge in [-0.3, -0.25) is 18.1 Å². The fourth-order valence-corrected chi connectivity index (χ4v) is 5.90. The van der Waals surface area contributed by atoms with Gasteiger partial charge in [0.15, 0.2) is 0 Å². The fraction of sp³-hybridized carbons (Fsp3) is 0.538. The molecule has 216 valence electrons. The van der Waals surface area contributed by atoms with Gasteiger partial charge in [0.1, 0.15) is 11.5 Å². The maximum absolute atomic E-state index is 12.6. The van der Waals surface area contributed by atoms with Gasteiger partial charge in [0.25, 0.3) is 0 Å². The molecule has 0 heterocycles. The van der Waals surface area contributed by atoms with E-state index in [4.69, 9.17) is 50.3 Å². The van der Waals surface area contributed by atoms with Crippen molar-refractivity contribution in [3.63, 3.8) is 0 Å². The smallest absolute Gasteiger partial charge is 0.402 e. The van der Waals surface area contributed by atoms with Gasteiger partial charge in [-0.15, -0.1) is 0 Å². The van der Waals surface area contributed by atoms with Crippen LogP contribution in [-0.2, 0) is 27.2 Å². The van der Waals surface area contributed by atoms with Crippen molar-refractivity contribution in [1.82, 2.24) is 0 Å². The number of rotatable bonds is 16. The SMILES string of the molecule is CC(C)OP(=O)(Oc1ccccc1Cl)OC(C)C.CCCCOP(=O)(OCCCC)Oc1ccccc1Cl. The molecule has 2 rings (SSSR count). The molecule has 0 bridgehead atoms. The van der Waals surface area contributed by atoms with Gasteiger partial charge in [-0.05, 0) is 64.8 Å². The summed E-state index contributed by atoms with van der Waals surface area (Å²) in [6, 6.07) is 13.6. The van der Waals surface area contributed by atoms with E-state index in [-0.39, 0.29) is 18.0 Å². The van der Waals surface area contributed by atoms with E-state index in [1.165, 1.54) is 0 Å². The van der Waals surface area contributed by atoms with E-state index in [1.807, 2.05) is 13.8 Å². The van der Waals surface area contributed by atoms with Crippen molar-refractivity contribution in [3.8, 4) is 11.5 Å². The van der Waals surface area contributed by atoms with Gasteiger partial charge in [-0.2, -0.15) is 0 Å². The molecule has 0 aromatic heterocycles. The summed E-state index contributed by atoms with van der Waals surface area (Å²) >= 11 is 11.9. The molecule has 0 saturated carbocycles. The highest BCUT2D eigenvalue weighted by atomic mass is 35.5. The van der Waals surface area contributed by atoms with Crippen LogP contribution in [0.1, 0.15) is 67.2 Å². The van der Waals surface area contributed by atoms with Crippen LogP contribution in [0.5, 0.6) is 11.5 Å². The van der Waals surface area contributed by atoms with Gasteiger partial charge in [-0.25, -0.2) is 9.13 Å². The van der Waals surface area contributed by atoms with Crippen LogP contribution in [0.15, 0.2) is 48.5 Å². The third-order valence-corrected chi connectivity index (χ3v) is 8.09. The molecule has 2 aromatic rings. The largest absolute Gasteiger partial charge is 0.530 e. The number of hydrogen-bond donors (Lipinski definition) is 0. The number of halogens is 2. The summed E-state index contributed by atoms with van der Waals surface area (Å²) in [4.78, 5) is 0. The van der Waals surface area contributed by atoms with Gasteiger partial charge in [-0.1, -0.05) is 74.2 Å². The molecule has 0 saturated heterocycles. The molecule has 0 spiro atoms. The first-order valence-electron chi connectivity index (χ1n) is 12.7. The van der Waals surface area contributed by atoms with Crippen molar-refractivity contribution in [2.75, 3.05) is 13.2 Å². The molecule has 38 heavy (non-hydrogen) atoms. The second-order valence-electron chi connectivity index (χ2n) is 8.62. The topological polar surface area (TPSA) is 89.5 Å². The molecule has 0 aliphatic heterocycles. The van der Waals surface area contributed by atoms with Gasteiger partial charge in [0.05, 0.1) is 35.5 Å². The Morgan fingerprint density at radius 2 is 1.03 bits per heavy atom. The lowest BCUT2D eigenvalue weighted by Crippen LogP contribution is -2.11. The molecule has 0 atom stereocenters. The number of benzene rings is 2. The molecule has 12 heteroatoms. The van der Waals surface area contributed by atoms with Crippen LogP contribution in [0.3, 0.4) is 0 Å². The minimum absolute atomic E-state index is 0.280. The van der Waals surface area contributed by atoms with E-state index in [2.05, 4.69) is 0 Å². The van der Waals surface area contributed by atoms with E-state index in [9.17, 15) is 9.13 Å². The molecule has 0 N–H and O–H groups in total. The third-order valence-electron chi connectivity index (χ3n) is 4.27. The zero-order chi connectivity index (χ0) is 28.6. The summed E-state index contributed by atoms with van der Waals surface area (Å²) in [6.07, 6.45) is 2.93. The Hall–Kier alpha value is -1.08. The standard InChI is InChI=1S/C14H22ClO4P.C12H18ClO4P/c1-3-5-11-17-20(16,18-12-6-4-2)19-14-10-8-7-9-13(14)15;1-9(2)15-18(14,16-10(3)4)17-12-8-6-5-7-11(12)13/h7-10H,3-6,11-12H2,1-2H3;5-10H,1-4H3. The number of para-hydroxylation sites is 2. The maximum atomic E-state index is 12.6. The highest BCUT2D eigenvalue weighted by Gasteiger charge is 2.32. The second-order valence-corrected chi connectivity index (χ2v) is 12.5. The number of phosphoric ester groups is 2. The van der Waals surface area contributed by atoms with Gasteiger partial charge in [0.2, 0.25) is 0 Å². The highest BCUT2D eigenvalue weighted by Crippen LogP contribution is 2.53. The maximum Gasteiger partial charge on any atom is 0.530 e. The second kappa shape index (κ2) is 18.3. The minimum Gasteiger partial charge on any atom is -0.402 e. The zero-order valence-corrected chi connectivity index (χ0v) is 26.2. The fourth-order valence-electron chi connectivity index (χ4n) is 2.59. The van der Waals surface area contributed by atoms with Crippen molar-refractivity contribution in [2.24, 2.45) is 0 Å². The van der Waals surface area contributed by atoms with Crippen molar-refractivity contribution < 1.29 is 36.3 Å². The third kappa shape index (κ3) is 14.3. The van der Waals surface area contributed by atoms with Crippen molar-refractivity contribution in [3.05, 3.63) is 58.6 Å². The summed E-state index contributed by atoms with van der Waals surface area (Å²) in [5, 5.41) is 0.739. The van der Waals surface area contributed by atoms with E-state index in [0.717, 1.165) is 25.7 Å². The van der Waals surface area contributed by atoms with Crippen LogP contribution in [0.4, 0.5) is 0 Å². The van der Waals surface area contributed by atoms with Crippen molar-refractivity contribution in [2.45, 2.75) is 79.4 Å². The van der Waals surface area contributed by atoms with Gasteiger partial charge in [0, 0.05) is 0 Å². The zero-order valence-electron chi connectivity index (χ0n) is 22.9. The Morgan fingerprint density at radius 3 is 1.37 bits per heavy atom. The molecule has 0 aliphatic rings. The average molecular weight is 613 g/mol. The van der Waals surface area contributed by atoms with Crippen LogP contribution < -0.4 is 9.05 Å². The quantitative estimate of drug-likeness (QED) is 0.137. The number of unbranched alkanes of at least 4 members (excludes halogenated alkanes) is 2. The number of hydrogen-bond acceptors (Lipinski definition) is 8. The van der Waals surface area contributed by atoms with E-state index >= 15 is 0 Å². The minimum atomic E-state index is -3.66. The summed E-state index contributed by atoms with van der Waals surface area (Å²) in [7, 11) is -7.28. The van der Waals surface area contributed by atoms with E-state index < -0.39 is 15.6 Å². The van der Waals surface area contributed by atoms with Crippen LogP contribution in [0.25, 0.3) is 0 Å². The number of phosphoric acid groups is 2. The molecular formula is C26H40Cl2O8P2. The average Bonchev–Trinajstić information content (AvgIpc) is 2.82. The molecule has 0 radical (unpaired) electrons. The highest BCUT2D eigenvalue weighted by molar-refractivity contribution is 7.49. The predicted octanol–water partition coefficient (Wildman–Crippen LogP) is 10.1. The summed E-state index contributed by atoms with van der Waals surface area (Å²) in [6.45, 7) is 11.8. The van der Waals surface area contributed by atoms with Crippen LogP contribution in [-0.4, -0.2) is 25.4 Å². The summed E-state index contributed by atoms with van der Waals surface area (Å²) in [5.41, 5.74) is 0. The van der Waals surface area contributed by atoms with Crippen LogP contribution in [0, 0.1) is 0 Å². The van der Waals surface area contributed by atoms with Crippen LogP contribution in [0.2, 0.25) is 10.0 Å². The molecular weight excluding hydrogens is 573 g/mol. The Kier molecular flexibility index (Phi) is 16.8. The lowest BCUT2D eigenvalue weighted by Gasteiger charge is -2.22. The predicted molar refractivity (Wildman–Crippen MR) is 154 cm³/mol.